The number of anilines is 1. The van der Waals surface area contributed by atoms with Crippen LogP contribution >= 0.6 is 0 Å². The van der Waals surface area contributed by atoms with Crippen molar-refractivity contribution in [3.8, 4) is 0 Å². The number of hydrogen-bond donors (Lipinski definition) is 1. The number of fused-ring (bicyclic) bond motifs is 1. The molecule has 0 aliphatic rings. The molecule has 116 valence electrons. The number of nitro benzene ring substituents is 1. The number of nitrogens with one attached hydrogen (secondary N) is 1. The van der Waals surface area contributed by atoms with Gasteiger partial charge in [-0.3, -0.25) is 14.8 Å². The minimum atomic E-state index is -3.76. The van der Waals surface area contributed by atoms with E-state index >= 15 is 0 Å². The summed E-state index contributed by atoms with van der Waals surface area (Å²) in [6.07, 6.45) is 0. The lowest BCUT2D eigenvalue weighted by Crippen LogP contribution is -2.13. The average Bonchev–Trinajstić information content (AvgIpc) is 2.55. The Labute approximate surface area is 132 Å². The quantitative estimate of drug-likeness (QED) is 0.586. The number of benzene rings is 3. The summed E-state index contributed by atoms with van der Waals surface area (Å²) in [5.41, 5.74) is 0.235. The van der Waals surface area contributed by atoms with Crippen LogP contribution in [0.4, 0.5) is 11.4 Å². The van der Waals surface area contributed by atoms with Gasteiger partial charge in [-0.15, -0.1) is 0 Å². The van der Waals surface area contributed by atoms with Crippen LogP contribution in [0.25, 0.3) is 10.8 Å². The molecule has 0 aliphatic heterocycles. The zero-order valence-electron chi connectivity index (χ0n) is 11.8. The number of rotatable bonds is 4. The SMILES string of the molecule is O=[N+]([O-])c1cccc2c(NS(=O)(=O)c3ccccc3)cccc12. The van der Waals surface area contributed by atoms with Crippen molar-refractivity contribution >= 4 is 32.2 Å². The van der Waals surface area contributed by atoms with Gasteiger partial charge in [-0.1, -0.05) is 36.4 Å². The van der Waals surface area contributed by atoms with Crippen LogP contribution in [0.2, 0.25) is 0 Å². The first-order valence-corrected chi connectivity index (χ1v) is 8.21. The van der Waals surface area contributed by atoms with Crippen molar-refractivity contribution in [3.05, 3.63) is 76.8 Å². The Hall–Kier alpha value is -2.93. The third-order valence-electron chi connectivity index (χ3n) is 3.39. The summed E-state index contributed by atoms with van der Waals surface area (Å²) in [6, 6.07) is 17.2. The van der Waals surface area contributed by atoms with Crippen LogP contribution < -0.4 is 4.72 Å². The summed E-state index contributed by atoms with van der Waals surface area (Å²) >= 11 is 0. The Bertz CT molecular complexity index is 985. The summed E-state index contributed by atoms with van der Waals surface area (Å²) in [5, 5.41) is 12.0. The molecule has 0 heterocycles. The predicted molar refractivity (Wildman–Crippen MR) is 87.9 cm³/mol. The standard InChI is InChI=1S/C16H12N2O4S/c19-18(20)16-11-5-8-13-14(16)9-4-10-15(13)17-23(21,22)12-6-2-1-3-7-12/h1-11,17H. The van der Waals surface area contributed by atoms with E-state index in [9.17, 15) is 18.5 Å². The van der Waals surface area contributed by atoms with Crippen LogP contribution in [0.1, 0.15) is 0 Å². The molecule has 1 N–H and O–H groups in total. The zero-order chi connectivity index (χ0) is 16.4. The summed E-state index contributed by atoms with van der Waals surface area (Å²) < 4.78 is 27.3. The second kappa shape index (κ2) is 5.69. The van der Waals surface area contributed by atoms with E-state index in [2.05, 4.69) is 4.72 Å². The van der Waals surface area contributed by atoms with Gasteiger partial charge >= 0.3 is 0 Å². The largest absolute Gasteiger partial charge is 0.279 e. The highest BCUT2D eigenvalue weighted by Gasteiger charge is 2.17. The summed E-state index contributed by atoms with van der Waals surface area (Å²) in [7, 11) is -3.76. The number of nitrogens with zero attached hydrogens (tertiary/aromatic N) is 1. The van der Waals surface area contributed by atoms with E-state index in [-0.39, 0.29) is 10.6 Å². The lowest BCUT2D eigenvalue weighted by Gasteiger charge is -2.10. The van der Waals surface area contributed by atoms with Gasteiger partial charge in [0.05, 0.1) is 20.9 Å². The van der Waals surface area contributed by atoms with E-state index in [1.807, 2.05) is 0 Å². The first kappa shape index (κ1) is 15.0. The van der Waals surface area contributed by atoms with E-state index in [1.54, 1.807) is 42.5 Å². The van der Waals surface area contributed by atoms with E-state index in [4.69, 9.17) is 0 Å². The maximum Gasteiger partial charge on any atom is 0.277 e. The molecular weight excluding hydrogens is 316 g/mol. The Kier molecular flexibility index (Phi) is 3.71. The van der Waals surface area contributed by atoms with Crippen molar-refractivity contribution in [2.75, 3.05) is 4.72 Å². The van der Waals surface area contributed by atoms with Crippen molar-refractivity contribution in [1.29, 1.82) is 0 Å². The maximum atomic E-state index is 12.4. The molecule has 6 nitrogen and oxygen atoms in total. The van der Waals surface area contributed by atoms with Crippen molar-refractivity contribution in [2.24, 2.45) is 0 Å². The van der Waals surface area contributed by atoms with Crippen LogP contribution in [0.5, 0.6) is 0 Å². The smallest absolute Gasteiger partial charge is 0.277 e. The molecule has 7 heteroatoms. The van der Waals surface area contributed by atoms with E-state index < -0.39 is 14.9 Å². The molecule has 3 aromatic rings. The Morgan fingerprint density at radius 1 is 0.826 bits per heavy atom. The van der Waals surface area contributed by atoms with Crippen LogP contribution in [-0.4, -0.2) is 13.3 Å². The van der Waals surface area contributed by atoms with E-state index in [0.29, 0.717) is 16.5 Å². The van der Waals surface area contributed by atoms with Crippen LogP contribution in [-0.2, 0) is 10.0 Å². The van der Waals surface area contributed by atoms with Crippen molar-refractivity contribution in [3.63, 3.8) is 0 Å². The highest BCUT2D eigenvalue weighted by Crippen LogP contribution is 2.31. The zero-order valence-corrected chi connectivity index (χ0v) is 12.7. The Morgan fingerprint density at radius 3 is 2.17 bits per heavy atom. The molecule has 0 saturated heterocycles. The highest BCUT2D eigenvalue weighted by molar-refractivity contribution is 7.92. The maximum absolute atomic E-state index is 12.4. The molecular formula is C16H12N2O4S. The topological polar surface area (TPSA) is 89.3 Å². The molecule has 0 bridgehead atoms. The van der Waals surface area contributed by atoms with E-state index in [1.165, 1.54) is 24.3 Å². The lowest BCUT2D eigenvalue weighted by atomic mass is 10.1. The number of nitro groups is 1. The fourth-order valence-corrected chi connectivity index (χ4v) is 3.45. The average molecular weight is 328 g/mol. The first-order valence-electron chi connectivity index (χ1n) is 6.73. The van der Waals surface area contributed by atoms with Crippen molar-refractivity contribution < 1.29 is 13.3 Å². The Morgan fingerprint density at radius 2 is 1.48 bits per heavy atom. The van der Waals surface area contributed by atoms with E-state index in [0.717, 1.165) is 0 Å². The molecule has 0 radical (unpaired) electrons. The van der Waals surface area contributed by atoms with Gasteiger partial charge in [0.1, 0.15) is 0 Å². The third-order valence-corrected chi connectivity index (χ3v) is 4.77. The molecule has 0 spiro atoms. The van der Waals surface area contributed by atoms with Gasteiger partial charge in [0.2, 0.25) is 0 Å². The monoisotopic (exact) mass is 328 g/mol. The normalized spacial score (nSPS) is 11.3. The molecule has 23 heavy (non-hydrogen) atoms. The molecule has 0 aromatic heterocycles. The molecule has 3 aromatic carbocycles. The number of hydrogen-bond acceptors (Lipinski definition) is 4. The molecule has 0 atom stereocenters. The second-order valence-electron chi connectivity index (χ2n) is 4.85. The fourth-order valence-electron chi connectivity index (χ4n) is 2.34. The van der Waals surface area contributed by atoms with Gasteiger partial charge in [-0.25, -0.2) is 8.42 Å². The summed E-state index contributed by atoms with van der Waals surface area (Å²) in [5.74, 6) is 0. The van der Waals surface area contributed by atoms with Crippen LogP contribution in [0, 0.1) is 10.1 Å². The highest BCUT2D eigenvalue weighted by atomic mass is 32.2. The van der Waals surface area contributed by atoms with Crippen LogP contribution in [0.15, 0.2) is 71.6 Å². The van der Waals surface area contributed by atoms with Gasteiger partial charge < -0.3 is 0 Å². The van der Waals surface area contributed by atoms with Crippen LogP contribution in [0.3, 0.4) is 0 Å². The Balaban J connectivity index is 2.11. The molecule has 0 unspecified atom stereocenters. The van der Waals surface area contributed by atoms with Gasteiger partial charge in [0.15, 0.2) is 0 Å². The minimum absolute atomic E-state index is 0.0664. The minimum Gasteiger partial charge on any atom is -0.279 e. The van der Waals surface area contributed by atoms with Gasteiger partial charge in [0, 0.05) is 11.5 Å². The fraction of sp³-hybridized carbons (Fsp3) is 0. The third kappa shape index (κ3) is 2.86. The summed E-state index contributed by atoms with van der Waals surface area (Å²) in [4.78, 5) is 10.7. The predicted octanol–water partition coefficient (Wildman–Crippen LogP) is 3.55. The van der Waals surface area contributed by atoms with Gasteiger partial charge in [-0.2, -0.15) is 0 Å². The van der Waals surface area contributed by atoms with Gasteiger partial charge in [-0.05, 0) is 24.3 Å². The van der Waals surface area contributed by atoms with Gasteiger partial charge in [0.25, 0.3) is 15.7 Å². The number of non-ortho nitro benzene ring substituents is 1. The summed E-state index contributed by atoms with van der Waals surface area (Å²) in [6.45, 7) is 0. The lowest BCUT2D eigenvalue weighted by molar-refractivity contribution is -0.383. The molecule has 3 rings (SSSR count). The number of sulfonamides is 1. The molecule has 0 aliphatic carbocycles. The molecule has 0 amide bonds. The van der Waals surface area contributed by atoms with Crippen molar-refractivity contribution in [2.45, 2.75) is 4.90 Å². The second-order valence-corrected chi connectivity index (χ2v) is 6.54. The first-order chi connectivity index (χ1) is 11.0. The molecule has 0 saturated carbocycles. The van der Waals surface area contributed by atoms with Crippen molar-refractivity contribution in [1.82, 2.24) is 0 Å². The molecule has 0 fully saturated rings.